The van der Waals surface area contributed by atoms with Crippen LogP contribution < -0.4 is 20.3 Å². The van der Waals surface area contributed by atoms with E-state index in [4.69, 9.17) is 4.74 Å². The van der Waals surface area contributed by atoms with Crippen molar-refractivity contribution in [3.63, 3.8) is 0 Å². The summed E-state index contributed by atoms with van der Waals surface area (Å²) in [6.45, 7) is 2.86. The molecule has 3 N–H and O–H groups in total. The second kappa shape index (κ2) is 8.04. The fraction of sp³-hybridized carbons (Fsp3) is 0.250. The van der Waals surface area contributed by atoms with Crippen LogP contribution in [-0.2, 0) is 24.3 Å². The maximum absolute atomic E-state index is 13.0. The van der Waals surface area contributed by atoms with Crippen LogP contribution >= 0.6 is 11.3 Å². The summed E-state index contributed by atoms with van der Waals surface area (Å²) >= 11 is 1.50. The smallest absolute Gasteiger partial charge is 0.261 e. The summed E-state index contributed by atoms with van der Waals surface area (Å²) in [6.07, 6.45) is -0.323. The number of anilines is 4. The van der Waals surface area contributed by atoms with Crippen molar-refractivity contribution in [2.45, 2.75) is 11.3 Å². The van der Waals surface area contributed by atoms with E-state index in [1.165, 1.54) is 29.5 Å². The van der Waals surface area contributed by atoms with E-state index in [0.717, 1.165) is 28.4 Å². The fourth-order valence-electron chi connectivity index (χ4n) is 3.52. The van der Waals surface area contributed by atoms with Crippen molar-refractivity contribution in [2.75, 3.05) is 46.6 Å². The predicted molar refractivity (Wildman–Crippen MR) is 122 cm³/mol. The first-order valence-electron chi connectivity index (χ1n) is 9.87. The molecule has 5 rings (SSSR count). The lowest BCUT2D eigenvalue weighted by Gasteiger charge is -2.25. The van der Waals surface area contributed by atoms with E-state index in [1.807, 2.05) is 0 Å². The Bertz CT molecular complexity index is 1330. The van der Waals surface area contributed by atoms with Gasteiger partial charge in [-0.3, -0.25) is 14.3 Å². The van der Waals surface area contributed by atoms with Crippen LogP contribution in [0.1, 0.15) is 6.42 Å². The third-order valence-electron chi connectivity index (χ3n) is 5.08. The number of hydrogen-bond acceptors (Lipinski definition) is 8. The van der Waals surface area contributed by atoms with E-state index in [-0.39, 0.29) is 17.0 Å². The van der Waals surface area contributed by atoms with Crippen molar-refractivity contribution < 1.29 is 22.7 Å². The van der Waals surface area contributed by atoms with E-state index in [9.17, 15) is 18.0 Å². The first-order chi connectivity index (χ1) is 15.4. The minimum absolute atomic E-state index is 0.0360. The molecule has 2 aliphatic rings. The van der Waals surface area contributed by atoms with E-state index < -0.39 is 21.8 Å². The van der Waals surface area contributed by atoms with Crippen LogP contribution in [0.3, 0.4) is 0 Å². The number of nitrogens with zero attached hydrogens (tertiary/aromatic N) is 2. The van der Waals surface area contributed by atoms with Crippen molar-refractivity contribution in [2.24, 2.45) is 0 Å². The van der Waals surface area contributed by atoms with Crippen molar-refractivity contribution in [1.29, 1.82) is 0 Å². The lowest BCUT2D eigenvalue weighted by atomic mass is 10.2. The van der Waals surface area contributed by atoms with Crippen molar-refractivity contribution >= 4 is 65.6 Å². The molecule has 0 atom stereocenters. The Hall–Kier alpha value is -3.22. The topological polar surface area (TPSA) is 130 Å². The van der Waals surface area contributed by atoms with Gasteiger partial charge in [0.2, 0.25) is 11.8 Å². The molecule has 0 spiro atoms. The first kappa shape index (κ1) is 20.7. The van der Waals surface area contributed by atoms with Gasteiger partial charge in [-0.25, -0.2) is 13.4 Å². The molecule has 1 fully saturated rings. The van der Waals surface area contributed by atoms with Gasteiger partial charge in [0.25, 0.3) is 10.0 Å². The van der Waals surface area contributed by atoms with Gasteiger partial charge in [-0.15, -0.1) is 0 Å². The highest BCUT2D eigenvalue weighted by atomic mass is 32.2. The molecule has 0 radical (unpaired) electrons. The van der Waals surface area contributed by atoms with Crippen LogP contribution in [0.5, 0.6) is 0 Å². The SMILES string of the molecule is O=C1CC(=O)Nc2cc(S(=O)(=O)Nc3ccc4nc(N5CCOCC5)sc4c3)ccc2N1. The summed E-state index contributed by atoms with van der Waals surface area (Å²) in [5.41, 5.74) is 1.78. The number of ether oxygens (including phenoxy) is 1. The number of thiazole rings is 1. The highest BCUT2D eigenvalue weighted by Gasteiger charge is 2.22. The average molecular weight is 474 g/mol. The Morgan fingerprint density at radius 3 is 2.53 bits per heavy atom. The summed E-state index contributed by atoms with van der Waals surface area (Å²) < 4.78 is 34.7. The molecule has 2 amide bonds. The van der Waals surface area contributed by atoms with E-state index in [0.29, 0.717) is 24.6 Å². The number of rotatable bonds is 4. The highest BCUT2D eigenvalue weighted by molar-refractivity contribution is 7.92. The predicted octanol–water partition coefficient (Wildman–Crippen LogP) is 2.21. The molecule has 3 aromatic rings. The quantitative estimate of drug-likeness (QED) is 0.496. The summed E-state index contributed by atoms with van der Waals surface area (Å²) in [5, 5.41) is 6.01. The van der Waals surface area contributed by atoms with Gasteiger partial charge in [0.15, 0.2) is 5.13 Å². The standard InChI is InChI=1S/C20H19N5O5S2/c26-18-11-19(27)22-16-10-13(2-4-14(16)21-18)32(28,29)24-12-1-3-15-17(9-12)31-20(23-15)25-5-7-30-8-6-25/h1-4,9-10,24H,5-8,11H2,(H,21,26)(H,22,27). The van der Waals surface area contributed by atoms with Gasteiger partial charge in [0.1, 0.15) is 6.42 Å². The lowest BCUT2D eigenvalue weighted by Crippen LogP contribution is -2.36. The zero-order valence-electron chi connectivity index (χ0n) is 16.8. The number of hydrogen-bond donors (Lipinski definition) is 3. The molecular formula is C20H19N5O5S2. The number of nitrogens with one attached hydrogen (secondary N) is 3. The van der Waals surface area contributed by atoms with Crippen molar-refractivity contribution in [3.05, 3.63) is 36.4 Å². The number of morpholine rings is 1. The average Bonchev–Trinajstić information content (AvgIpc) is 3.12. The van der Waals surface area contributed by atoms with Crippen LogP contribution in [0.15, 0.2) is 41.3 Å². The molecule has 1 aromatic heterocycles. The molecule has 0 saturated carbocycles. The molecule has 3 heterocycles. The Balaban J connectivity index is 1.40. The van der Waals surface area contributed by atoms with Gasteiger partial charge in [-0.2, -0.15) is 0 Å². The molecule has 0 bridgehead atoms. The van der Waals surface area contributed by atoms with Gasteiger partial charge in [0, 0.05) is 13.1 Å². The van der Waals surface area contributed by atoms with Gasteiger partial charge in [-0.05, 0) is 36.4 Å². The molecule has 0 unspecified atom stereocenters. The summed E-state index contributed by atoms with van der Waals surface area (Å²) in [6, 6.07) is 9.34. The van der Waals surface area contributed by atoms with Crippen LogP contribution in [0.4, 0.5) is 22.2 Å². The van der Waals surface area contributed by atoms with Crippen LogP contribution in [0.2, 0.25) is 0 Å². The van der Waals surface area contributed by atoms with E-state index in [1.54, 1.807) is 18.2 Å². The molecule has 166 valence electrons. The van der Waals surface area contributed by atoms with E-state index in [2.05, 4.69) is 25.2 Å². The number of amides is 2. The lowest BCUT2D eigenvalue weighted by molar-refractivity contribution is -0.123. The van der Waals surface area contributed by atoms with Crippen molar-refractivity contribution in [1.82, 2.24) is 4.98 Å². The summed E-state index contributed by atoms with van der Waals surface area (Å²) in [5.74, 6) is -0.959. The zero-order chi connectivity index (χ0) is 22.3. The number of benzene rings is 2. The second-order valence-corrected chi connectivity index (χ2v) is 10.1. The third-order valence-corrected chi connectivity index (χ3v) is 7.54. The zero-order valence-corrected chi connectivity index (χ0v) is 18.4. The number of carbonyl (C=O) groups is 2. The second-order valence-electron chi connectivity index (χ2n) is 7.36. The summed E-state index contributed by atoms with van der Waals surface area (Å²) in [4.78, 5) is 30.2. The fourth-order valence-corrected chi connectivity index (χ4v) is 5.65. The monoisotopic (exact) mass is 473 g/mol. The van der Waals surface area contributed by atoms with Gasteiger partial charge >= 0.3 is 0 Å². The Morgan fingerprint density at radius 1 is 1.00 bits per heavy atom. The van der Waals surface area contributed by atoms with Gasteiger partial charge in [0.05, 0.1) is 45.4 Å². The molecule has 32 heavy (non-hydrogen) atoms. The molecular weight excluding hydrogens is 454 g/mol. The first-order valence-corrected chi connectivity index (χ1v) is 12.2. The third kappa shape index (κ3) is 4.11. The van der Waals surface area contributed by atoms with Crippen LogP contribution in [0.25, 0.3) is 10.2 Å². The Morgan fingerprint density at radius 2 is 1.75 bits per heavy atom. The summed E-state index contributed by atoms with van der Waals surface area (Å²) in [7, 11) is -3.93. The Labute approximate surface area is 187 Å². The van der Waals surface area contributed by atoms with Crippen molar-refractivity contribution in [3.8, 4) is 0 Å². The number of sulfonamides is 1. The maximum Gasteiger partial charge on any atom is 0.261 e. The molecule has 10 nitrogen and oxygen atoms in total. The Kier molecular flexibility index (Phi) is 5.19. The largest absolute Gasteiger partial charge is 0.378 e. The maximum atomic E-state index is 13.0. The normalized spacial score (nSPS) is 16.8. The molecule has 2 aliphatic heterocycles. The number of carbonyl (C=O) groups excluding carboxylic acids is 2. The molecule has 12 heteroatoms. The van der Waals surface area contributed by atoms with Gasteiger partial charge < -0.3 is 20.3 Å². The molecule has 0 aliphatic carbocycles. The minimum atomic E-state index is -3.93. The van der Waals surface area contributed by atoms with Crippen LogP contribution in [0, 0.1) is 0 Å². The van der Waals surface area contributed by atoms with Crippen LogP contribution in [-0.4, -0.2) is 51.5 Å². The minimum Gasteiger partial charge on any atom is -0.378 e. The molecule has 2 aromatic carbocycles. The number of fused-ring (bicyclic) bond motifs is 2. The number of aromatic nitrogens is 1. The highest BCUT2D eigenvalue weighted by Crippen LogP contribution is 2.33. The molecule has 1 saturated heterocycles. The van der Waals surface area contributed by atoms with Gasteiger partial charge in [-0.1, -0.05) is 11.3 Å². The van der Waals surface area contributed by atoms with E-state index >= 15 is 0 Å².